The summed E-state index contributed by atoms with van der Waals surface area (Å²) < 4.78 is 1.15. The summed E-state index contributed by atoms with van der Waals surface area (Å²) in [6.45, 7) is 3.25. The lowest BCUT2D eigenvalue weighted by Crippen LogP contribution is -2.37. The van der Waals surface area contributed by atoms with E-state index >= 15 is 0 Å². The first-order valence-electron chi connectivity index (χ1n) is 6.96. The Labute approximate surface area is 125 Å². The zero-order chi connectivity index (χ0) is 13.8. The number of benzene rings is 1. The summed E-state index contributed by atoms with van der Waals surface area (Å²) in [5, 5.41) is 3.25. The minimum atomic E-state index is 0.686. The third-order valence-electron chi connectivity index (χ3n) is 3.98. The van der Waals surface area contributed by atoms with Crippen LogP contribution in [0.4, 0.5) is 5.69 Å². The summed E-state index contributed by atoms with van der Waals surface area (Å²) in [6, 6.07) is 7.23. The van der Waals surface area contributed by atoms with E-state index in [0.717, 1.165) is 17.6 Å². The first-order valence-corrected chi connectivity index (χ1v) is 7.75. The summed E-state index contributed by atoms with van der Waals surface area (Å²) in [7, 11) is 6.44. The van der Waals surface area contributed by atoms with Gasteiger partial charge < -0.3 is 15.1 Å². The molecule has 1 aliphatic heterocycles. The second-order valence-electron chi connectivity index (χ2n) is 5.46. The summed E-state index contributed by atoms with van der Waals surface area (Å²) in [6.07, 6.45) is 2.65. The number of nitrogens with zero attached hydrogens (tertiary/aromatic N) is 2. The SMILES string of the molecule is CNCc1ccc(Br)cc1N(C)CC1CCCN1C. The minimum absolute atomic E-state index is 0.686. The van der Waals surface area contributed by atoms with Gasteiger partial charge in [-0.25, -0.2) is 0 Å². The van der Waals surface area contributed by atoms with Crippen molar-refractivity contribution in [3.8, 4) is 0 Å². The monoisotopic (exact) mass is 325 g/mol. The van der Waals surface area contributed by atoms with E-state index in [2.05, 4.69) is 63.3 Å². The number of hydrogen-bond donors (Lipinski definition) is 1. The van der Waals surface area contributed by atoms with Crippen molar-refractivity contribution in [2.75, 3.05) is 39.1 Å². The van der Waals surface area contributed by atoms with Crippen molar-refractivity contribution in [1.29, 1.82) is 0 Å². The number of likely N-dealkylation sites (tertiary alicyclic amines) is 1. The molecule has 1 saturated heterocycles. The van der Waals surface area contributed by atoms with E-state index < -0.39 is 0 Å². The Morgan fingerprint density at radius 1 is 1.47 bits per heavy atom. The van der Waals surface area contributed by atoms with Crippen LogP contribution in [0, 0.1) is 0 Å². The van der Waals surface area contributed by atoms with E-state index in [1.54, 1.807) is 0 Å². The Balaban J connectivity index is 2.12. The van der Waals surface area contributed by atoms with Crippen LogP contribution in [0.15, 0.2) is 22.7 Å². The van der Waals surface area contributed by atoms with Crippen molar-refractivity contribution >= 4 is 21.6 Å². The van der Waals surface area contributed by atoms with Crippen LogP contribution in [0.3, 0.4) is 0 Å². The Kier molecular flexibility index (Phi) is 5.25. The third-order valence-corrected chi connectivity index (χ3v) is 4.48. The number of anilines is 1. The zero-order valence-corrected chi connectivity index (χ0v) is 13.7. The predicted octanol–water partition coefficient (Wildman–Crippen LogP) is 2.70. The van der Waals surface area contributed by atoms with E-state index in [1.807, 2.05) is 7.05 Å². The number of nitrogens with one attached hydrogen (secondary N) is 1. The van der Waals surface area contributed by atoms with E-state index in [0.29, 0.717) is 6.04 Å². The summed E-state index contributed by atoms with van der Waals surface area (Å²) in [4.78, 5) is 4.87. The van der Waals surface area contributed by atoms with Gasteiger partial charge in [-0.1, -0.05) is 22.0 Å². The van der Waals surface area contributed by atoms with Gasteiger partial charge in [0.1, 0.15) is 0 Å². The molecule has 1 atom stereocenters. The van der Waals surface area contributed by atoms with Crippen molar-refractivity contribution in [2.24, 2.45) is 0 Å². The fourth-order valence-corrected chi connectivity index (χ4v) is 3.21. The molecule has 0 saturated carbocycles. The molecule has 0 bridgehead atoms. The van der Waals surface area contributed by atoms with Crippen LogP contribution in [-0.4, -0.2) is 45.2 Å². The topological polar surface area (TPSA) is 18.5 Å². The number of rotatable bonds is 5. The standard InChI is InChI=1S/C15H24BrN3/c1-17-10-12-6-7-13(16)9-15(12)19(3)11-14-5-4-8-18(14)2/h6-7,9,14,17H,4-5,8,10-11H2,1-3H3. The van der Waals surface area contributed by atoms with Crippen molar-refractivity contribution in [3.05, 3.63) is 28.2 Å². The highest BCUT2D eigenvalue weighted by molar-refractivity contribution is 9.10. The largest absolute Gasteiger partial charge is 0.373 e. The van der Waals surface area contributed by atoms with E-state index in [4.69, 9.17) is 0 Å². The van der Waals surface area contributed by atoms with Crippen LogP contribution in [-0.2, 0) is 6.54 Å². The average Bonchev–Trinajstić information content (AvgIpc) is 2.77. The molecule has 2 rings (SSSR count). The second kappa shape index (κ2) is 6.73. The molecule has 0 aliphatic carbocycles. The van der Waals surface area contributed by atoms with Gasteiger partial charge in [-0.05, 0) is 51.2 Å². The predicted molar refractivity (Wildman–Crippen MR) is 85.8 cm³/mol. The molecule has 0 amide bonds. The fraction of sp³-hybridized carbons (Fsp3) is 0.600. The van der Waals surface area contributed by atoms with Gasteiger partial charge in [-0.2, -0.15) is 0 Å². The van der Waals surface area contributed by atoms with Crippen LogP contribution in [0.25, 0.3) is 0 Å². The molecule has 3 nitrogen and oxygen atoms in total. The molecule has 1 aromatic rings. The van der Waals surface area contributed by atoms with Gasteiger partial charge in [-0.3, -0.25) is 0 Å². The Bertz CT molecular complexity index is 422. The second-order valence-corrected chi connectivity index (χ2v) is 6.38. The molecule has 1 heterocycles. The molecule has 1 aromatic carbocycles. The third kappa shape index (κ3) is 3.71. The molecule has 4 heteroatoms. The van der Waals surface area contributed by atoms with E-state index in [1.165, 1.54) is 30.6 Å². The molecule has 0 spiro atoms. The van der Waals surface area contributed by atoms with Crippen LogP contribution in [0.5, 0.6) is 0 Å². The lowest BCUT2D eigenvalue weighted by atomic mass is 10.1. The summed E-state index contributed by atoms with van der Waals surface area (Å²) >= 11 is 3.58. The molecular weight excluding hydrogens is 302 g/mol. The Morgan fingerprint density at radius 3 is 2.89 bits per heavy atom. The fourth-order valence-electron chi connectivity index (χ4n) is 2.86. The highest BCUT2D eigenvalue weighted by Crippen LogP contribution is 2.26. The van der Waals surface area contributed by atoms with Gasteiger partial charge >= 0.3 is 0 Å². The Hall–Kier alpha value is -0.580. The molecule has 1 unspecified atom stereocenters. The molecule has 1 N–H and O–H groups in total. The smallest absolute Gasteiger partial charge is 0.0421 e. The van der Waals surface area contributed by atoms with Gasteiger partial charge in [0.2, 0.25) is 0 Å². The van der Waals surface area contributed by atoms with Gasteiger partial charge in [-0.15, -0.1) is 0 Å². The van der Waals surface area contributed by atoms with Crippen molar-refractivity contribution in [1.82, 2.24) is 10.2 Å². The van der Waals surface area contributed by atoms with Crippen LogP contribution < -0.4 is 10.2 Å². The van der Waals surface area contributed by atoms with Crippen molar-refractivity contribution in [3.63, 3.8) is 0 Å². The maximum atomic E-state index is 3.58. The van der Waals surface area contributed by atoms with Gasteiger partial charge in [0.15, 0.2) is 0 Å². The van der Waals surface area contributed by atoms with Crippen LogP contribution >= 0.6 is 15.9 Å². The Morgan fingerprint density at radius 2 is 2.26 bits per heavy atom. The average molecular weight is 326 g/mol. The van der Waals surface area contributed by atoms with Gasteiger partial charge in [0.05, 0.1) is 0 Å². The van der Waals surface area contributed by atoms with Gasteiger partial charge in [0, 0.05) is 36.3 Å². The van der Waals surface area contributed by atoms with Crippen LogP contribution in [0.2, 0.25) is 0 Å². The lowest BCUT2D eigenvalue weighted by Gasteiger charge is -2.29. The van der Waals surface area contributed by atoms with Crippen molar-refractivity contribution < 1.29 is 0 Å². The molecule has 19 heavy (non-hydrogen) atoms. The van der Waals surface area contributed by atoms with Crippen molar-refractivity contribution in [2.45, 2.75) is 25.4 Å². The summed E-state index contributed by atoms with van der Waals surface area (Å²) in [5.41, 5.74) is 2.68. The number of likely N-dealkylation sites (N-methyl/N-ethyl adjacent to an activating group) is 2. The van der Waals surface area contributed by atoms with E-state index in [9.17, 15) is 0 Å². The first kappa shape index (κ1) is 14.8. The summed E-state index contributed by atoms with van der Waals surface area (Å²) in [5.74, 6) is 0. The highest BCUT2D eigenvalue weighted by Gasteiger charge is 2.22. The number of hydrogen-bond acceptors (Lipinski definition) is 3. The number of halogens is 1. The maximum Gasteiger partial charge on any atom is 0.0421 e. The highest BCUT2D eigenvalue weighted by atomic mass is 79.9. The molecule has 106 valence electrons. The lowest BCUT2D eigenvalue weighted by molar-refractivity contribution is 0.314. The quantitative estimate of drug-likeness (QED) is 0.898. The molecule has 1 aliphatic rings. The minimum Gasteiger partial charge on any atom is -0.373 e. The first-order chi connectivity index (χ1) is 9.11. The van der Waals surface area contributed by atoms with E-state index in [-0.39, 0.29) is 0 Å². The molecular formula is C15H24BrN3. The zero-order valence-electron chi connectivity index (χ0n) is 12.1. The molecule has 1 fully saturated rings. The van der Waals surface area contributed by atoms with Crippen LogP contribution in [0.1, 0.15) is 18.4 Å². The normalized spacial score (nSPS) is 19.9. The van der Waals surface area contributed by atoms with Gasteiger partial charge in [0.25, 0.3) is 0 Å². The molecule has 0 radical (unpaired) electrons. The molecule has 0 aromatic heterocycles. The maximum absolute atomic E-state index is 3.58.